The fraction of sp³-hybridized carbons (Fsp3) is 0.500. The van der Waals surface area contributed by atoms with Crippen molar-refractivity contribution < 1.29 is 4.79 Å². The van der Waals surface area contributed by atoms with Gasteiger partial charge in [-0.1, -0.05) is 19.9 Å². The maximum Gasteiger partial charge on any atom is 0.223 e. The Morgan fingerprint density at radius 2 is 2.07 bits per heavy atom. The number of aromatic nitrogens is 1. The van der Waals surface area contributed by atoms with Gasteiger partial charge in [-0.05, 0) is 26.0 Å². The quantitative estimate of drug-likeness (QED) is 0.822. The molecule has 3 heteroatoms. The highest BCUT2D eigenvalue weighted by Gasteiger charge is 2.24. The normalized spacial score (nSPS) is 11.5. The highest BCUT2D eigenvalue weighted by atomic mass is 16.2. The van der Waals surface area contributed by atoms with Crippen LogP contribution in [0, 0.1) is 5.92 Å². The molecule has 0 radical (unpaired) electrons. The molecular formula is C12H18N2O. The Kier molecular flexibility index (Phi) is 3.45. The zero-order valence-corrected chi connectivity index (χ0v) is 9.74. The lowest BCUT2D eigenvalue weighted by Gasteiger charge is -2.26. The zero-order chi connectivity index (χ0) is 11.5. The van der Waals surface area contributed by atoms with Crippen molar-refractivity contribution in [2.75, 3.05) is 0 Å². The fourth-order valence-electron chi connectivity index (χ4n) is 1.25. The van der Waals surface area contributed by atoms with Gasteiger partial charge in [0.15, 0.2) is 0 Å². The average molecular weight is 206 g/mol. The monoisotopic (exact) mass is 206 g/mol. The van der Waals surface area contributed by atoms with Crippen molar-refractivity contribution in [3.8, 4) is 0 Å². The number of carbonyl (C=O) groups is 1. The fourth-order valence-corrected chi connectivity index (χ4v) is 1.25. The summed E-state index contributed by atoms with van der Waals surface area (Å²) in [4.78, 5) is 15.8. The van der Waals surface area contributed by atoms with E-state index in [1.807, 2.05) is 45.9 Å². The lowest BCUT2D eigenvalue weighted by Crippen LogP contribution is -2.43. The summed E-state index contributed by atoms with van der Waals surface area (Å²) >= 11 is 0. The molecule has 3 nitrogen and oxygen atoms in total. The average Bonchev–Trinajstić information content (AvgIpc) is 2.18. The second-order valence-electron chi connectivity index (χ2n) is 4.48. The first-order valence-corrected chi connectivity index (χ1v) is 5.17. The molecule has 0 spiro atoms. The molecule has 0 aliphatic heterocycles. The van der Waals surface area contributed by atoms with Gasteiger partial charge in [-0.25, -0.2) is 0 Å². The van der Waals surface area contributed by atoms with Crippen molar-refractivity contribution in [2.24, 2.45) is 5.92 Å². The van der Waals surface area contributed by atoms with E-state index in [9.17, 15) is 4.79 Å². The van der Waals surface area contributed by atoms with E-state index in [1.165, 1.54) is 0 Å². The molecule has 0 atom stereocenters. The molecule has 82 valence electrons. The SMILES string of the molecule is CC(C)C(=O)NC(C)(C)c1ccccn1. The Morgan fingerprint density at radius 1 is 1.40 bits per heavy atom. The molecule has 1 aromatic heterocycles. The van der Waals surface area contributed by atoms with Crippen molar-refractivity contribution in [1.82, 2.24) is 10.3 Å². The molecule has 0 unspecified atom stereocenters. The Balaban J connectivity index is 2.80. The Bertz CT molecular complexity index is 331. The number of carbonyl (C=O) groups excluding carboxylic acids is 1. The molecule has 0 aliphatic rings. The van der Waals surface area contributed by atoms with Gasteiger partial charge < -0.3 is 5.32 Å². The molecule has 0 aliphatic carbocycles. The Labute approximate surface area is 90.9 Å². The van der Waals surface area contributed by atoms with Gasteiger partial charge in [-0.15, -0.1) is 0 Å². The second-order valence-corrected chi connectivity index (χ2v) is 4.48. The molecule has 0 bridgehead atoms. The van der Waals surface area contributed by atoms with Gasteiger partial charge >= 0.3 is 0 Å². The summed E-state index contributed by atoms with van der Waals surface area (Å²) in [7, 11) is 0. The third kappa shape index (κ3) is 3.05. The van der Waals surface area contributed by atoms with Gasteiger partial charge in [-0.2, -0.15) is 0 Å². The maximum atomic E-state index is 11.6. The number of hydrogen-bond acceptors (Lipinski definition) is 2. The van der Waals surface area contributed by atoms with Crippen LogP contribution >= 0.6 is 0 Å². The number of pyridine rings is 1. The van der Waals surface area contributed by atoms with Gasteiger partial charge in [0.2, 0.25) is 5.91 Å². The number of hydrogen-bond donors (Lipinski definition) is 1. The van der Waals surface area contributed by atoms with Crippen LogP contribution in [0.1, 0.15) is 33.4 Å². The molecule has 0 saturated heterocycles. The first-order valence-electron chi connectivity index (χ1n) is 5.17. The van der Waals surface area contributed by atoms with Gasteiger partial charge in [0.05, 0.1) is 11.2 Å². The minimum atomic E-state index is -0.414. The predicted molar refractivity (Wildman–Crippen MR) is 60.2 cm³/mol. The molecular weight excluding hydrogens is 188 g/mol. The summed E-state index contributed by atoms with van der Waals surface area (Å²) in [5, 5.41) is 2.97. The number of rotatable bonds is 3. The van der Waals surface area contributed by atoms with E-state index in [4.69, 9.17) is 0 Å². The minimum Gasteiger partial charge on any atom is -0.345 e. The molecule has 15 heavy (non-hydrogen) atoms. The van der Waals surface area contributed by atoms with Crippen molar-refractivity contribution in [1.29, 1.82) is 0 Å². The molecule has 0 aromatic carbocycles. The Morgan fingerprint density at radius 3 is 2.53 bits per heavy atom. The molecule has 1 amide bonds. The molecule has 1 N–H and O–H groups in total. The zero-order valence-electron chi connectivity index (χ0n) is 9.74. The lowest BCUT2D eigenvalue weighted by molar-refractivity contribution is -0.125. The second kappa shape index (κ2) is 4.43. The standard InChI is InChI=1S/C12H18N2O/c1-9(2)11(15)14-12(3,4)10-7-5-6-8-13-10/h5-9H,1-4H3,(H,14,15). The highest BCUT2D eigenvalue weighted by Crippen LogP contribution is 2.17. The van der Waals surface area contributed by atoms with E-state index < -0.39 is 5.54 Å². The topological polar surface area (TPSA) is 42.0 Å². The van der Waals surface area contributed by atoms with Crippen LogP contribution in [0.15, 0.2) is 24.4 Å². The van der Waals surface area contributed by atoms with Crippen LogP contribution in [-0.2, 0) is 10.3 Å². The summed E-state index contributed by atoms with van der Waals surface area (Å²) < 4.78 is 0. The van der Waals surface area contributed by atoms with E-state index in [2.05, 4.69) is 10.3 Å². The maximum absolute atomic E-state index is 11.6. The van der Waals surface area contributed by atoms with Crippen molar-refractivity contribution in [2.45, 2.75) is 33.2 Å². The summed E-state index contributed by atoms with van der Waals surface area (Å²) in [5.41, 5.74) is 0.460. The first-order chi connectivity index (χ1) is 6.93. The lowest BCUT2D eigenvalue weighted by atomic mass is 9.99. The summed E-state index contributed by atoms with van der Waals surface area (Å²) in [5.74, 6) is 0.0404. The van der Waals surface area contributed by atoms with Crippen LogP contribution in [-0.4, -0.2) is 10.9 Å². The largest absolute Gasteiger partial charge is 0.345 e. The number of amides is 1. The van der Waals surface area contributed by atoms with Crippen LogP contribution in [0.4, 0.5) is 0 Å². The number of nitrogens with zero attached hydrogens (tertiary/aromatic N) is 1. The smallest absolute Gasteiger partial charge is 0.223 e. The third-order valence-electron chi connectivity index (χ3n) is 2.27. The van der Waals surface area contributed by atoms with Gasteiger partial charge in [-0.3, -0.25) is 9.78 Å². The van der Waals surface area contributed by atoms with Crippen LogP contribution in [0.2, 0.25) is 0 Å². The molecule has 0 fully saturated rings. The number of nitrogens with one attached hydrogen (secondary N) is 1. The Hall–Kier alpha value is -1.38. The predicted octanol–water partition coefficient (Wildman–Crippen LogP) is 2.09. The molecule has 0 saturated carbocycles. The van der Waals surface area contributed by atoms with Crippen molar-refractivity contribution in [3.63, 3.8) is 0 Å². The third-order valence-corrected chi connectivity index (χ3v) is 2.27. The van der Waals surface area contributed by atoms with Crippen LogP contribution < -0.4 is 5.32 Å². The van der Waals surface area contributed by atoms with E-state index in [-0.39, 0.29) is 11.8 Å². The van der Waals surface area contributed by atoms with Gasteiger partial charge in [0.1, 0.15) is 0 Å². The highest BCUT2D eigenvalue weighted by molar-refractivity contribution is 5.78. The van der Waals surface area contributed by atoms with Crippen molar-refractivity contribution in [3.05, 3.63) is 30.1 Å². The molecule has 1 heterocycles. The first kappa shape index (κ1) is 11.7. The van der Waals surface area contributed by atoms with Crippen LogP contribution in [0.25, 0.3) is 0 Å². The van der Waals surface area contributed by atoms with E-state index in [1.54, 1.807) is 6.20 Å². The van der Waals surface area contributed by atoms with Crippen molar-refractivity contribution >= 4 is 5.91 Å². The summed E-state index contributed by atoms with van der Waals surface area (Å²) in [6.45, 7) is 7.67. The minimum absolute atomic E-state index is 0.00649. The van der Waals surface area contributed by atoms with Gasteiger partial charge in [0, 0.05) is 12.1 Å². The van der Waals surface area contributed by atoms with Gasteiger partial charge in [0.25, 0.3) is 0 Å². The van der Waals surface area contributed by atoms with Crippen LogP contribution in [0.5, 0.6) is 0 Å². The van der Waals surface area contributed by atoms with Crippen LogP contribution in [0.3, 0.4) is 0 Å². The molecule has 1 aromatic rings. The van der Waals surface area contributed by atoms with E-state index in [0.717, 1.165) is 5.69 Å². The summed E-state index contributed by atoms with van der Waals surface area (Å²) in [6, 6.07) is 5.70. The molecule has 1 rings (SSSR count). The summed E-state index contributed by atoms with van der Waals surface area (Å²) in [6.07, 6.45) is 1.73. The van der Waals surface area contributed by atoms with E-state index >= 15 is 0 Å². The van der Waals surface area contributed by atoms with E-state index in [0.29, 0.717) is 0 Å².